The van der Waals surface area contributed by atoms with Gasteiger partial charge in [-0.25, -0.2) is 9.97 Å². The molecule has 1 N–H and O–H groups in total. The Morgan fingerprint density at radius 2 is 2.05 bits per heavy atom. The molecule has 0 aliphatic carbocycles. The summed E-state index contributed by atoms with van der Waals surface area (Å²) < 4.78 is 1.08. The van der Waals surface area contributed by atoms with E-state index in [0.717, 1.165) is 39.7 Å². The van der Waals surface area contributed by atoms with Crippen LogP contribution in [0.15, 0.2) is 38.7 Å². The molecule has 0 saturated heterocycles. The Morgan fingerprint density at radius 3 is 2.75 bits per heavy atom. The molecule has 0 aliphatic heterocycles. The molecular formula is C15H18BrN3S. The highest BCUT2D eigenvalue weighted by Crippen LogP contribution is 2.32. The largest absolute Gasteiger partial charge is 0.370 e. The molecule has 2 aromatic rings. The summed E-state index contributed by atoms with van der Waals surface area (Å²) in [6.45, 7) is 7.07. The second-order valence-electron chi connectivity index (χ2n) is 4.54. The third kappa shape index (κ3) is 3.96. The van der Waals surface area contributed by atoms with Crippen molar-refractivity contribution in [3.05, 3.63) is 40.1 Å². The van der Waals surface area contributed by atoms with Crippen molar-refractivity contribution in [2.75, 3.05) is 11.9 Å². The Balaban J connectivity index is 2.29. The number of hydrogen-bond donors (Lipinski definition) is 1. The van der Waals surface area contributed by atoms with E-state index >= 15 is 0 Å². The van der Waals surface area contributed by atoms with Crippen LogP contribution >= 0.6 is 27.7 Å². The van der Waals surface area contributed by atoms with Crippen LogP contribution in [0.3, 0.4) is 0 Å². The molecule has 0 spiro atoms. The fourth-order valence-electron chi connectivity index (χ4n) is 1.76. The number of aromatic nitrogens is 2. The topological polar surface area (TPSA) is 37.8 Å². The number of rotatable bonds is 5. The van der Waals surface area contributed by atoms with Crippen molar-refractivity contribution >= 4 is 33.5 Å². The standard InChI is InChI=1S/C15H18BrN3S/c1-4-8-17-14-10(2)15(19-11(3)18-14)20-13-7-5-6-12(16)9-13/h5-7,9H,4,8H2,1-3H3,(H,17,18,19). The monoisotopic (exact) mass is 351 g/mol. The average molecular weight is 352 g/mol. The van der Waals surface area contributed by atoms with Crippen LogP contribution in [0.5, 0.6) is 0 Å². The minimum absolute atomic E-state index is 0.798. The minimum atomic E-state index is 0.798. The highest BCUT2D eigenvalue weighted by atomic mass is 79.9. The predicted octanol–water partition coefficient (Wildman–Crippen LogP) is 4.83. The zero-order valence-electron chi connectivity index (χ0n) is 11.9. The molecule has 1 aromatic heterocycles. The van der Waals surface area contributed by atoms with Crippen LogP contribution in [-0.4, -0.2) is 16.5 Å². The smallest absolute Gasteiger partial charge is 0.133 e. The van der Waals surface area contributed by atoms with Crippen molar-refractivity contribution in [3.8, 4) is 0 Å². The second-order valence-corrected chi connectivity index (χ2v) is 6.51. The van der Waals surface area contributed by atoms with E-state index in [0.29, 0.717) is 0 Å². The highest BCUT2D eigenvalue weighted by Gasteiger charge is 2.10. The van der Waals surface area contributed by atoms with Gasteiger partial charge in [-0.2, -0.15) is 0 Å². The number of hydrogen-bond acceptors (Lipinski definition) is 4. The number of nitrogens with zero attached hydrogens (tertiary/aromatic N) is 2. The van der Waals surface area contributed by atoms with Gasteiger partial charge in [0, 0.05) is 21.5 Å². The number of anilines is 1. The molecule has 0 bridgehead atoms. The lowest BCUT2D eigenvalue weighted by molar-refractivity contribution is 0.908. The van der Waals surface area contributed by atoms with Gasteiger partial charge in [-0.15, -0.1) is 0 Å². The van der Waals surface area contributed by atoms with E-state index in [1.165, 1.54) is 4.90 Å². The SMILES string of the molecule is CCCNc1nc(C)nc(Sc2cccc(Br)c2)c1C. The summed E-state index contributed by atoms with van der Waals surface area (Å²) in [5.41, 5.74) is 1.11. The van der Waals surface area contributed by atoms with Gasteiger partial charge in [0.1, 0.15) is 16.7 Å². The first-order valence-corrected chi connectivity index (χ1v) is 8.23. The van der Waals surface area contributed by atoms with Crippen LogP contribution in [0.4, 0.5) is 5.82 Å². The van der Waals surface area contributed by atoms with Gasteiger partial charge in [-0.1, -0.05) is 40.7 Å². The first-order chi connectivity index (χ1) is 9.60. The van der Waals surface area contributed by atoms with E-state index in [4.69, 9.17) is 0 Å². The van der Waals surface area contributed by atoms with Crippen molar-refractivity contribution in [3.63, 3.8) is 0 Å². The molecule has 20 heavy (non-hydrogen) atoms. The molecule has 0 fully saturated rings. The Kier molecular flexibility index (Phi) is 5.43. The van der Waals surface area contributed by atoms with Crippen molar-refractivity contribution in [1.82, 2.24) is 9.97 Å². The van der Waals surface area contributed by atoms with E-state index in [1.807, 2.05) is 19.1 Å². The second kappa shape index (κ2) is 7.09. The molecule has 2 rings (SSSR count). The van der Waals surface area contributed by atoms with Gasteiger partial charge in [0.2, 0.25) is 0 Å². The third-order valence-electron chi connectivity index (χ3n) is 2.77. The summed E-state index contributed by atoms with van der Waals surface area (Å²) in [5, 5.41) is 4.38. The molecule has 3 nitrogen and oxygen atoms in total. The van der Waals surface area contributed by atoms with Crippen LogP contribution in [0.2, 0.25) is 0 Å². The van der Waals surface area contributed by atoms with Gasteiger partial charge in [0.15, 0.2) is 0 Å². The van der Waals surface area contributed by atoms with Crippen molar-refractivity contribution in [2.24, 2.45) is 0 Å². The zero-order chi connectivity index (χ0) is 14.5. The first-order valence-electron chi connectivity index (χ1n) is 6.62. The normalized spacial score (nSPS) is 10.6. The number of benzene rings is 1. The molecule has 0 amide bonds. The van der Waals surface area contributed by atoms with Gasteiger partial charge in [0.25, 0.3) is 0 Å². The Bertz CT molecular complexity index is 602. The quantitative estimate of drug-likeness (QED) is 0.783. The van der Waals surface area contributed by atoms with Crippen molar-refractivity contribution < 1.29 is 0 Å². The molecule has 0 aliphatic rings. The maximum Gasteiger partial charge on any atom is 0.133 e. The number of halogens is 1. The molecule has 5 heteroatoms. The van der Waals surface area contributed by atoms with Gasteiger partial charge in [-0.3, -0.25) is 0 Å². The first kappa shape index (κ1) is 15.3. The maximum atomic E-state index is 4.56. The molecule has 0 saturated carbocycles. The van der Waals surface area contributed by atoms with Gasteiger partial charge in [0.05, 0.1) is 0 Å². The van der Waals surface area contributed by atoms with Crippen LogP contribution < -0.4 is 5.32 Å². The average Bonchev–Trinajstić information content (AvgIpc) is 2.41. The van der Waals surface area contributed by atoms with E-state index in [9.17, 15) is 0 Å². The molecule has 106 valence electrons. The third-order valence-corrected chi connectivity index (χ3v) is 4.34. The minimum Gasteiger partial charge on any atom is -0.370 e. The molecule has 0 atom stereocenters. The number of nitrogens with one attached hydrogen (secondary N) is 1. The predicted molar refractivity (Wildman–Crippen MR) is 88.6 cm³/mol. The van der Waals surface area contributed by atoms with E-state index in [2.05, 4.69) is 57.2 Å². The summed E-state index contributed by atoms with van der Waals surface area (Å²) in [4.78, 5) is 10.2. The van der Waals surface area contributed by atoms with Gasteiger partial charge < -0.3 is 5.32 Å². The summed E-state index contributed by atoms with van der Waals surface area (Å²) >= 11 is 5.17. The lowest BCUT2D eigenvalue weighted by Gasteiger charge is -2.12. The van der Waals surface area contributed by atoms with Crippen molar-refractivity contribution in [1.29, 1.82) is 0 Å². The van der Waals surface area contributed by atoms with Gasteiger partial charge >= 0.3 is 0 Å². The fraction of sp³-hybridized carbons (Fsp3) is 0.333. The number of aryl methyl sites for hydroxylation is 1. The maximum absolute atomic E-state index is 4.56. The fourth-order valence-corrected chi connectivity index (χ4v) is 3.29. The molecule has 1 heterocycles. The van der Waals surface area contributed by atoms with Crippen molar-refractivity contribution in [2.45, 2.75) is 37.1 Å². The molecule has 0 unspecified atom stereocenters. The van der Waals surface area contributed by atoms with Gasteiger partial charge in [-0.05, 0) is 38.5 Å². The molecular weight excluding hydrogens is 334 g/mol. The molecule has 0 radical (unpaired) electrons. The summed E-state index contributed by atoms with van der Waals surface area (Å²) in [6.07, 6.45) is 1.08. The van der Waals surface area contributed by atoms with Crippen LogP contribution in [-0.2, 0) is 0 Å². The van der Waals surface area contributed by atoms with E-state index in [1.54, 1.807) is 11.8 Å². The van der Waals surface area contributed by atoms with E-state index < -0.39 is 0 Å². The Morgan fingerprint density at radius 1 is 1.25 bits per heavy atom. The zero-order valence-corrected chi connectivity index (χ0v) is 14.3. The lowest BCUT2D eigenvalue weighted by Crippen LogP contribution is -2.07. The Hall–Kier alpha value is -1.07. The summed E-state index contributed by atoms with van der Waals surface area (Å²) in [7, 11) is 0. The summed E-state index contributed by atoms with van der Waals surface area (Å²) in [5.74, 6) is 1.74. The molecule has 1 aromatic carbocycles. The highest BCUT2D eigenvalue weighted by molar-refractivity contribution is 9.10. The van der Waals surface area contributed by atoms with Crippen LogP contribution in [0, 0.1) is 13.8 Å². The van der Waals surface area contributed by atoms with E-state index in [-0.39, 0.29) is 0 Å². The van der Waals surface area contributed by atoms with Crippen LogP contribution in [0.25, 0.3) is 0 Å². The summed E-state index contributed by atoms with van der Waals surface area (Å²) in [6, 6.07) is 8.24. The Labute approximate surface area is 132 Å². The van der Waals surface area contributed by atoms with Crippen LogP contribution in [0.1, 0.15) is 24.7 Å². The lowest BCUT2D eigenvalue weighted by atomic mass is 10.3.